The Morgan fingerprint density at radius 1 is 1.18 bits per heavy atom. The van der Waals surface area contributed by atoms with Crippen molar-refractivity contribution in [2.24, 2.45) is 7.05 Å². The van der Waals surface area contributed by atoms with Crippen molar-refractivity contribution < 1.29 is 0 Å². The molecule has 0 radical (unpaired) electrons. The van der Waals surface area contributed by atoms with E-state index >= 15 is 0 Å². The van der Waals surface area contributed by atoms with Crippen molar-refractivity contribution >= 4 is 33.3 Å². The van der Waals surface area contributed by atoms with E-state index in [4.69, 9.17) is 4.98 Å². The number of nitrogens with one attached hydrogen (secondary N) is 1. The lowest BCUT2D eigenvalue weighted by molar-refractivity contribution is 0.786. The maximum absolute atomic E-state index is 12.6. The molecule has 0 fully saturated rings. The molecule has 0 aliphatic carbocycles. The molecular weight excluding hydrogens is 390 g/mol. The number of aromatic nitrogens is 5. The fourth-order valence-electron chi connectivity index (χ4n) is 3.15. The van der Waals surface area contributed by atoms with E-state index in [0.717, 1.165) is 37.4 Å². The number of nitrogens with zero attached hydrogens (tertiary/aromatic N) is 4. The van der Waals surface area contributed by atoms with Crippen LogP contribution in [0.2, 0.25) is 0 Å². The number of thiophene rings is 1. The number of aryl methyl sites for hydroxylation is 3. The van der Waals surface area contributed by atoms with Crippen molar-refractivity contribution in [1.29, 1.82) is 0 Å². The van der Waals surface area contributed by atoms with Crippen LogP contribution >= 0.6 is 23.1 Å². The largest absolute Gasteiger partial charge is 0.309 e. The highest BCUT2D eigenvalue weighted by Crippen LogP contribution is 2.35. The second-order valence-corrected chi connectivity index (χ2v) is 9.37. The summed E-state index contributed by atoms with van der Waals surface area (Å²) in [7, 11) is 1.96. The van der Waals surface area contributed by atoms with Crippen LogP contribution in [0.3, 0.4) is 0 Å². The summed E-state index contributed by atoms with van der Waals surface area (Å²) in [5.74, 6) is 1.48. The second-order valence-electron chi connectivity index (χ2n) is 6.85. The van der Waals surface area contributed by atoms with Gasteiger partial charge in [-0.3, -0.25) is 4.79 Å². The summed E-state index contributed by atoms with van der Waals surface area (Å²) in [4.78, 5) is 22.1. The first-order chi connectivity index (χ1) is 13.4. The summed E-state index contributed by atoms with van der Waals surface area (Å²) in [5.41, 5.74) is 3.15. The van der Waals surface area contributed by atoms with Crippen LogP contribution in [0.1, 0.15) is 34.0 Å². The fourth-order valence-corrected chi connectivity index (χ4v) is 5.06. The zero-order valence-electron chi connectivity index (χ0n) is 16.4. The van der Waals surface area contributed by atoms with Gasteiger partial charge in [-0.2, -0.15) is 0 Å². The van der Waals surface area contributed by atoms with Crippen LogP contribution < -0.4 is 5.56 Å². The summed E-state index contributed by atoms with van der Waals surface area (Å²) < 4.78 is 1.99. The molecule has 1 N–H and O–H groups in total. The van der Waals surface area contributed by atoms with Gasteiger partial charge in [0.15, 0.2) is 11.0 Å². The van der Waals surface area contributed by atoms with Crippen LogP contribution in [0, 0.1) is 20.8 Å². The van der Waals surface area contributed by atoms with Gasteiger partial charge in [0, 0.05) is 17.5 Å². The van der Waals surface area contributed by atoms with Crippen molar-refractivity contribution in [3.63, 3.8) is 0 Å². The van der Waals surface area contributed by atoms with E-state index in [1.54, 1.807) is 11.3 Å². The zero-order valence-corrected chi connectivity index (χ0v) is 18.0. The van der Waals surface area contributed by atoms with Gasteiger partial charge in [-0.15, -0.1) is 21.5 Å². The monoisotopic (exact) mass is 411 g/mol. The lowest BCUT2D eigenvalue weighted by Crippen LogP contribution is -2.12. The van der Waals surface area contributed by atoms with Gasteiger partial charge in [0.1, 0.15) is 10.7 Å². The SMILES string of the molecule is Cc1ccccc1-c1nnc(S[C@H](C)c2nc3sc(C)c(C)c3c(=O)[nH]2)n1C. The molecule has 0 aliphatic rings. The molecule has 0 bridgehead atoms. The van der Waals surface area contributed by atoms with Gasteiger partial charge >= 0.3 is 0 Å². The highest BCUT2D eigenvalue weighted by molar-refractivity contribution is 7.99. The van der Waals surface area contributed by atoms with E-state index in [9.17, 15) is 4.79 Å². The molecule has 144 valence electrons. The number of thioether (sulfide) groups is 1. The van der Waals surface area contributed by atoms with E-state index in [-0.39, 0.29) is 10.8 Å². The van der Waals surface area contributed by atoms with E-state index < -0.39 is 0 Å². The Labute approximate surface area is 171 Å². The molecule has 28 heavy (non-hydrogen) atoms. The highest BCUT2D eigenvalue weighted by Gasteiger charge is 2.19. The maximum atomic E-state index is 12.6. The van der Waals surface area contributed by atoms with Crippen LogP contribution in [-0.4, -0.2) is 24.7 Å². The molecule has 4 aromatic rings. The molecule has 3 aromatic heterocycles. The number of aromatic amines is 1. The average molecular weight is 412 g/mol. The van der Waals surface area contributed by atoms with Gasteiger partial charge in [0.2, 0.25) is 0 Å². The molecular formula is C20H21N5OS2. The predicted molar refractivity (Wildman–Crippen MR) is 115 cm³/mol. The molecule has 0 spiro atoms. The number of hydrogen-bond acceptors (Lipinski definition) is 6. The summed E-state index contributed by atoms with van der Waals surface area (Å²) in [6.07, 6.45) is 0. The second kappa shape index (κ2) is 7.18. The van der Waals surface area contributed by atoms with E-state index in [1.807, 2.05) is 50.6 Å². The minimum atomic E-state index is -0.0761. The third kappa shape index (κ3) is 3.16. The standard InChI is InChI=1S/C20H21N5OS2/c1-10-8-6-7-9-14(10)17-23-24-20(25(17)5)28-13(4)16-21-18(26)15-11(2)12(3)27-19(15)22-16/h6-9,13H,1-5H3,(H,21,22,26)/t13-/m1/s1. The van der Waals surface area contributed by atoms with E-state index in [0.29, 0.717) is 11.2 Å². The molecule has 0 unspecified atom stereocenters. The van der Waals surface area contributed by atoms with Crippen molar-refractivity contribution in [2.45, 2.75) is 38.1 Å². The number of hydrogen-bond donors (Lipinski definition) is 1. The smallest absolute Gasteiger partial charge is 0.259 e. The molecule has 0 saturated carbocycles. The lowest BCUT2D eigenvalue weighted by Gasteiger charge is -2.11. The first-order valence-corrected chi connectivity index (χ1v) is 10.7. The molecule has 0 aliphatic heterocycles. The first kappa shape index (κ1) is 18.9. The van der Waals surface area contributed by atoms with Gasteiger partial charge in [-0.25, -0.2) is 4.98 Å². The van der Waals surface area contributed by atoms with Gasteiger partial charge in [-0.05, 0) is 38.8 Å². The maximum Gasteiger partial charge on any atom is 0.259 e. The van der Waals surface area contributed by atoms with Crippen molar-refractivity contribution in [3.05, 3.63) is 56.4 Å². The molecule has 8 heteroatoms. The Bertz CT molecular complexity index is 1240. The fraction of sp³-hybridized carbons (Fsp3) is 0.300. The quantitative estimate of drug-likeness (QED) is 0.498. The third-order valence-corrected chi connectivity index (χ3v) is 7.19. The van der Waals surface area contributed by atoms with Crippen LogP contribution in [0.4, 0.5) is 0 Å². The Balaban J connectivity index is 1.66. The molecule has 0 amide bonds. The van der Waals surface area contributed by atoms with Crippen LogP contribution in [0.25, 0.3) is 21.6 Å². The highest BCUT2D eigenvalue weighted by atomic mass is 32.2. The predicted octanol–water partition coefficient (Wildman–Crippen LogP) is 4.56. The Morgan fingerprint density at radius 2 is 1.93 bits per heavy atom. The normalized spacial score (nSPS) is 12.6. The summed E-state index contributed by atoms with van der Waals surface area (Å²) in [6.45, 7) is 8.07. The Kier molecular flexibility index (Phi) is 4.84. The topological polar surface area (TPSA) is 76.5 Å². The summed E-state index contributed by atoms with van der Waals surface area (Å²) in [6, 6.07) is 8.13. The number of rotatable bonds is 4. The van der Waals surface area contributed by atoms with Crippen molar-refractivity contribution in [3.8, 4) is 11.4 Å². The van der Waals surface area contributed by atoms with Gasteiger partial charge < -0.3 is 9.55 Å². The van der Waals surface area contributed by atoms with Crippen molar-refractivity contribution in [2.75, 3.05) is 0 Å². The number of H-pyrrole nitrogens is 1. The first-order valence-electron chi connectivity index (χ1n) is 8.98. The molecule has 1 atom stereocenters. The van der Waals surface area contributed by atoms with Gasteiger partial charge in [0.25, 0.3) is 5.56 Å². The Morgan fingerprint density at radius 3 is 2.68 bits per heavy atom. The molecule has 1 aromatic carbocycles. The minimum absolute atomic E-state index is 0.0626. The number of fused-ring (bicyclic) bond motifs is 1. The number of benzene rings is 1. The lowest BCUT2D eigenvalue weighted by atomic mass is 10.1. The Hall–Kier alpha value is -2.45. The third-order valence-electron chi connectivity index (χ3n) is 4.95. The molecule has 4 rings (SSSR count). The summed E-state index contributed by atoms with van der Waals surface area (Å²) in [5, 5.41) is 10.2. The summed E-state index contributed by atoms with van der Waals surface area (Å²) >= 11 is 3.10. The van der Waals surface area contributed by atoms with Gasteiger partial charge in [0.05, 0.1) is 10.6 Å². The molecule has 0 saturated heterocycles. The van der Waals surface area contributed by atoms with Crippen LogP contribution in [-0.2, 0) is 7.05 Å². The van der Waals surface area contributed by atoms with E-state index in [1.165, 1.54) is 11.8 Å². The molecule has 3 heterocycles. The zero-order chi connectivity index (χ0) is 20.0. The van der Waals surface area contributed by atoms with E-state index in [2.05, 4.69) is 28.2 Å². The van der Waals surface area contributed by atoms with Crippen LogP contribution in [0.5, 0.6) is 0 Å². The molecule has 6 nitrogen and oxygen atoms in total. The average Bonchev–Trinajstić information content (AvgIpc) is 3.15. The van der Waals surface area contributed by atoms with Crippen molar-refractivity contribution in [1.82, 2.24) is 24.7 Å². The van der Waals surface area contributed by atoms with Crippen LogP contribution in [0.15, 0.2) is 34.2 Å². The minimum Gasteiger partial charge on any atom is -0.309 e. The van der Waals surface area contributed by atoms with Gasteiger partial charge in [-0.1, -0.05) is 36.0 Å².